The number of hydrogen-bond acceptors (Lipinski definition) is 5. The third kappa shape index (κ3) is 2.04. The zero-order valence-electron chi connectivity index (χ0n) is 5.51. The smallest absolute Gasteiger partial charge is 0.423 e. The van der Waals surface area contributed by atoms with Crippen molar-refractivity contribution < 1.29 is 15.3 Å². The molecule has 0 aliphatic heterocycles. The summed E-state index contributed by atoms with van der Waals surface area (Å²) in [6, 6.07) is 3.20. The van der Waals surface area contributed by atoms with E-state index in [-0.39, 0.29) is 0 Å². The monoisotopic (exact) mass is 171 g/mol. The second kappa shape index (κ2) is 3.52. The van der Waals surface area contributed by atoms with Gasteiger partial charge in [0.05, 0.1) is 6.21 Å². The molecule has 1 aromatic rings. The third-order valence-electron chi connectivity index (χ3n) is 1.09. The highest BCUT2D eigenvalue weighted by atomic mass is 32.1. The number of nitrogens with zero attached hydrogens (tertiary/aromatic N) is 1. The fourth-order valence-corrected chi connectivity index (χ4v) is 1.38. The largest absolute Gasteiger partial charge is 0.499 e. The van der Waals surface area contributed by atoms with Gasteiger partial charge in [-0.25, -0.2) is 0 Å². The summed E-state index contributed by atoms with van der Waals surface area (Å²) in [4.78, 5) is 0.676. The van der Waals surface area contributed by atoms with Crippen LogP contribution in [0.1, 0.15) is 4.88 Å². The van der Waals surface area contributed by atoms with Gasteiger partial charge in [0.2, 0.25) is 0 Å². The van der Waals surface area contributed by atoms with Crippen LogP contribution in [-0.4, -0.2) is 28.6 Å². The van der Waals surface area contributed by atoms with Crippen molar-refractivity contribution in [3.05, 3.63) is 17.0 Å². The molecule has 0 aliphatic rings. The lowest BCUT2D eigenvalue weighted by atomic mass is 9.90. The number of oxime groups is 1. The number of rotatable bonds is 2. The van der Waals surface area contributed by atoms with E-state index in [0.717, 1.165) is 11.3 Å². The van der Waals surface area contributed by atoms with Crippen LogP contribution >= 0.6 is 11.3 Å². The summed E-state index contributed by atoms with van der Waals surface area (Å²) < 4.78 is 0.430. The van der Waals surface area contributed by atoms with Crippen molar-refractivity contribution in [2.45, 2.75) is 0 Å². The highest BCUT2D eigenvalue weighted by Gasteiger charge is 2.12. The van der Waals surface area contributed by atoms with E-state index in [2.05, 4.69) is 5.16 Å². The fourth-order valence-electron chi connectivity index (χ4n) is 0.633. The Morgan fingerprint density at radius 3 is 2.64 bits per heavy atom. The topological polar surface area (TPSA) is 73.1 Å². The normalized spacial score (nSPS) is 10.7. The first-order chi connectivity index (χ1) is 5.24. The molecule has 0 spiro atoms. The van der Waals surface area contributed by atoms with Gasteiger partial charge in [0.25, 0.3) is 0 Å². The summed E-state index contributed by atoms with van der Waals surface area (Å²) in [5.41, 5.74) is 0. The summed E-state index contributed by atoms with van der Waals surface area (Å²) >= 11 is 1.16. The standard InChI is InChI=1S/C5H6BNO3S/c8-6(9)5-2-1-4(11-5)3-7-10/h1-3,8-10H/b7-3+. The van der Waals surface area contributed by atoms with Gasteiger partial charge in [0.1, 0.15) is 0 Å². The Hall–Kier alpha value is -0.845. The summed E-state index contributed by atoms with van der Waals surface area (Å²) in [7, 11) is -1.44. The molecule has 3 N–H and O–H groups in total. The third-order valence-corrected chi connectivity index (χ3v) is 2.15. The predicted molar refractivity (Wildman–Crippen MR) is 43.5 cm³/mol. The maximum absolute atomic E-state index is 8.66. The lowest BCUT2D eigenvalue weighted by Crippen LogP contribution is -2.26. The molecule has 0 saturated carbocycles. The van der Waals surface area contributed by atoms with Gasteiger partial charge in [0, 0.05) is 9.65 Å². The van der Waals surface area contributed by atoms with Crippen molar-refractivity contribution >= 4 is 29.4 Å². The quantitative estimate of drug-likeness (QED) is 0.237. The zero-order valence-corrected chi connectivity index (χ0v) is 6.32. The molecule has 0 unspecified atom stereocenters. The van der Waals surface area contributed by atoms with E-state index in [4.69, 9.17) is 15.3 Å². The Kier molecular flexibility index (Phi) is 2.64. The van der Waals surface area contributed by atoms with Crippen LogP contribution in [0.2, 0.25) is 0 Å². The van der Waals surface area contributed by atoms with E-state index < -0.39 is 7.12 Å². The molecule has 6 heteroatoms. The van der Waals surface area contributed by atoms with Crippen molar-refractivity contribution in [2.75, 3.05) is 0 Å². The molecule has 0 aliphatic carbocycles. The van der Waals surface area contributed by atoms with Crippen LogP contribution in [0.25, 0.3) is 0 Å². The van der Waals surface area contributed by atoms with Crippen molar-refractivity contribution in [3.63, 3.8) is 0 Å². The summed E-state index contributed by atoms with van der Waals surface area (Å²) in [5, 5.41) is 28.2. The van der Waals surface area contributed by atoms with Gasteiger partial charge < -0.3 is 15.3 Å². The van der Waals surface area contributed by atoms with Crippen LogP contribution in [0.4, 0.5) is 0 Å². The molecule has 58 valence electrons. The van der Waals surface area contributed by atoms with E-state index >= 15 is 0 Å². The molecular formula is C5H6BNO3S. The van der Waals surface area contributed by atoms with Crippen LogP contribution in [0.5, 0.6) is 0 Å². The average Bonchev–Trinajstić information content (AvgIpc) is 2.37. The Morgan fingerprint density at radius 1 is 1.45 bits per heavy atom. The molecule has 0 radical (unpaired) electrons. The minimum atomic E-state index is -1.44. The molecule has 0 bridgehead atoms. The Morgan fingerprint density at radius 2 is 2.18 bits per heavy atom. The van der Waals surface area contributed by atoms with Crippen LogP contribution in [0, 0.1) is 0 Å². The van der Waals surface area contributed by atoms with Gasteiger partial charge in [-0.3, -0.25) is 0 Å². The molecule has 0 saturated heterocycles. The predicted octanol–water partition coefficient (Wildman–Crippen LogP) is -0.764. The molecule has 1 rings (SSSR count). The molecular weight excluding hydrogens is 165 g/mol. The lowest BCUT2D eigenvalue weighted by molar-refractivity contribution is 0.322. The SMILES string of the molecule is O/N=C/c1ccc(B(O)O)s1. The van der Waals surface area contributed by atoms with E-state index in [1.807, 2.05) is 0 Å². The molecule has 1 aromatic heterocycles. The Balaban J connectivity index is 2.81. The average molecular weight is 171 g/mol. The molecule has 0 amide bonds. The summed E-state index contributed by atoms with van der Waals surface area (Å²) in [6.07, 6.45) is 1.23. The molecule has 0 aromatic carbocycles. The minimum Gasteiger partial charge on any atom is -0.423 e. The summed E-state index contributed by atoms with van der Waals surface area (Å²) in [6.45, 7) is 0. The minimum absolute atomic E-state index is 0.430. The van der Waals surface area contributed by atoms with Crippen LogP contribution in [0.15, 0.2) is 17.3 Å². The van der Waals surface area contributed by atoms with E-state index in [9.17, 15) is 0 Å². The van der Waals surface area contributed by atoms with Gasteiger partial charge in [-0.05, 0) is 6.07 Å². The first-order valence-electron chi connectivity index (χ1n) is 2.87. The molecule has 4 nitrogen and oxygen atoms in total. The number of thiophene rings is 1. The van der Waals surface area contributed by atoms with Crippen LogP contribution in [0.3, 0.4) is 0 Å². The lowest BCUT2D eigenvalue weighted by Gasteiger charge is -1.88. The van der Waals surface area contributed by atoms with Gasteiger partial charge in [0.15, 0.2) is 0 Å². The van der Waals surface area contributed by atoms with Gasteiger partial charge >= 0.3 is 7.12 Å². The highest BCUT2D eigenvalue weighted by molar-refractivity contribution is 7.23. The highest BCUT2D eigenvalue weighted by Crippen LogP contribution is 2.03. The molecule has 1 heterocycles. The van der Waals surface area contributed by atoms with Gasteiger partial charge in [-0.1, -0.05) is 11.2 Å². The van der Waals surface area contributed by atoms with E-state index in [1.165, 1.54) is 6.21 Å². The maximum Gasteiger partial charge on any atom is 0.499 e. The van der Waals surface area contributed by atoms with Crippen molar-refractivity contribution in [2.24, 2.45) is 5.16 Å². The van der Waals surface area contributed by atoms with Gasteiger partial charge in [-0.2, -0.15) is 0 Å². The van der Waals surface area contributed by atoms with E-state index in [0.29, 0.717) is 9.65 Å². The van der Waals surface area contributed by atoms with Crippen molar-refractivity contribution in [3.8, 4) is 0 Å². The first kappa shape index (κ1) is 8.25. The number of hydrogen-bond donors (Lipinski definition) is 3. The molecule has 0 atom stereocenters. The molecule has 0 fully saturated rings. The first-order valence-corrected chi connectivity index (χ1v) is 3.69. The second-order valence-corrected chi connectivity index (χ2v) is 3.01. The Bertz CT molecular complexity index is 260. The summed E-state index contributed by atoms with van der Waals surface area (Å²) in [5.74, 6) is 0. The maximum atomic E-state index is 8.66. The second-order valence-electron chi connectivity index (χ2n) is 1.86. The van der Waals surface area contributed by atoms with Gasteiger partial charge in [-0.15, -0.1) is 11.3 Å². The van der Waals surface area contributed by atoms with Crippen molar-refractivity contribution in [1.82, 2.24) is 0 Å². The van der Waals surface area contributed by atoms with Crippen LogP contribution < -0.4 is 4.78 Å². The van der Waals surface area contributed by atoms with Crippen molar-refractivity contribution in [1.29, 1.82) is 0 Å². The molecule has 11 heavy (non-hydrogen) atoms. The van der Waals surface area contributed by atoms with E-state index in [1.54, 1.807) is 12.1 Å². The van der Waals surface area contributed by atoms with Crippen LogP contribution in [-0.2, 0) is 0 Å². The zero-order chi connectivity index (χ0) is 8.27. The fraction of sp³-hybridized carbons (Fsp3) is 0. The Labute approximate surface area is 67.6 Å².